The van der Waals surface area contributed by atoms with Gasteiger partial charge in [-0.25, -0.2) is 0 Å². The minimum absolute atomic E-state index is 0.0523. The molecule has 0 unspecified atom stereocenters. The Morgan fingerprint density at radius 1 is 0.420 bits per heavy atom. The summed E-state index contributed by atoms with van der Waals surface area (Å²) in [5, 5.41) is 0. The van der Waals surface area contributed by atoms with Gasteiger partial charge < -0.3 is 9.47 Å². The number of hydrogen-bond donors (Lipinski definition) is 0. The molecule has 2 aromatic rings. The zero-order chi connectivity index (χ0) is 35.2. The van der Waals surface area contributed by atoms with Crippen LogP contribution in [-0.2, 0) is 35.5 Å². The predicted octanol–water partition coefficient (Wildman–Crippen LogP) is 14.4. The summed E-state index contributed by atoms with van der Waals surface area (Å²) in [7, 11) is 0. The molecule has 0 saturated heterocycles. The normalized spacial score (nSPS) is 22.4. The Labute approximate surface area is 310 Å². The molecular weight excluding hydrogens is 609 g/mol. The number of ether oxygens (including phenoxy) is 2. The van der Waals surface area contributed by atoms with Gasteiger partial charge in [-0.3, -0.25) is 0 Å². The van der Waals surface area contributed by atoms with Crippen molar-refractivity contribution in [2.24, 2.45) is 23.7 Å². The van der Waals surface area contributed by atoms with Crippen molar-refractivity contribution < 1.29 is 9.47 Å². The van der Waals surface area contributed by atoms with Crippen LogP contribution in [0.5, 0.6) is 0 Å². The van der Waals surface area contributed by atoms with E-state index < -0.39 is 0 Å². The molecule has 0 aromatic heterocycles. The molecule has 2 saturated carbocycles. The van der Waals surface area contributed by atoms with E-state index in [0.717, 1.165) is 23.7 Å². The van der Waals surface area contributed by atoms with E-state index in [4.69, 9.17) is 9.47 Å². The molecule has 2 fully saturated rings. The molecule has 2 atom stereocenters. The van der Waals surface area contributed by atoms with E-state index >= 15 is 0 Å². The highest BCUT2D eigenvalue weighted by Crippen LogP contribution is 2.36. The third-order valence-corrected chi connectivity index (χ3v) is 12.8. The second-order valence-corrected chi connectivity index (χ2v) is 16.9. The SMILES string of the molecule is CCCCCC1CCC(CCCCc2ccc(CO[C@H](C)[C@@H](C)OCc3ccc(CCCCC4CCC(CCCCC)CC4)cc3)cc2)CC1. The number of rotatable bonds is 25. The monoisotopic (exact) mass is 687 g/mol. The van der Waals surface area contributed by atoms with Crippen LogP contribution in [0.15, 0.2) is 48.5 Å². The summed E-state index contributed by atoms with van der Waals surface area (Å²) in [6.07, 6.45) is 34.2. The van der Waals surface area contributed by atoms with Crippen LogP contribution in [0.4, 0.5) is 0 Å². The summed E-state index contributed by atoms with van der Waals surface area (Å²) < 4.78 is 12.5. The smallest absolute Gasteiger partial charge is 0.0810 e. The van der Waals surface area contributed by atoms with Gasteiger partial charge >= 0.3 is 0 Å². The third-order valence-electron chi connectivity index (χ3n) is 12.8. The molecule has 2 nitrogen and oxygen atoms in total. The van der Waals surface area contributed by atoms with E-state index in [9.17, 15) is 0 Å². The predicted molar refractivity (Wildman–Crippen MR) is 216 cm³/mol. The van der Waals surface area contributed by atoms with E-state index in [0.29, 0.717) is 13.2 Å². The molecule has 0 heterocycles. The Hall–Kier alpha value is -1.64. The van der Waals surface area contributed by atoms with E-state index in [1.165, 1.54) is 176 Å². The zero-order valence-electron chi connectivity index (χ0n) is 33.3. The maximum Gasteiger partial charge on any atom is 0.0810 e. The van der Waals surface area contributed by atoms with Gasteiger partial charge in [-0.1, -0.05) is 191 Å². The summed E-state index contributed by atoms with van der Waals surface area (Å²) >= 11 is 0. The number of aryl methyl sites for hydroxylation is 2. The van der Waals surface area contributed by atoms with Crippen LogP contribution in [-0.4, -0.2) is 12.2 Å². The van der Waals surface area contributed by atoms with Gasteiger partial charge in [0, 0.05) is 0 Å². The quantitative estimate of drug-likeness (QED) is 0.0968. The number of unbranched alkanes of at least 4 members (excludes halogenated alkanes) is 6. The molecule has 0 bridgehead atoms. The Balaban J connectivity index is 1.00. The lowest BCUT2D eigenvalue weighted by Crippen LogP contribution is -2.26. The van der Waals surface area contributed by atoms with Crippen LogP contribution in [0.25, 0.3) is 0 Å². The lowest BCUT2D eigenvalue weighted by atomic mass is 9.78. The lowest BCUT2D eigenvalue weighted by molar-refractivity contribution is -0.0687. The summed E-state index contributed by atoms with van der Waals surface area (Å²) in [6.45, 7) is 10.2. The third kappa shape index (κ3) is 16.4. The molecule has 2 aliphatic rings. The van der Waals surface area contributed by atoms with Crippen molar-refractivity contribution in [3.8, 4) is 0 Å². The first-order valence-electron chi connectivity index (χ1n) is 21.9. The van der Waals surface area contributed by atoms with Crippen molar-refractivity contribution in [3.63, 3.8) is 0 Å². The van der Waals surface area contributed by atoms with Gasteiger partial charge in [0.15, 0.2) is 0 Å². The van der Waals surface area contributed by atoms with E-state index in [2.05, 4.69) is 76.2 Å². The molecule has 2 aromatic carbocycles. The average Bonchev–Trinajstić information content (AvgIpc) is 3.15. The van der Waals surface area contributed by atoms with Crippen molar-refractivity contribution in [3.05, 3.63) is 70.8 Å². The Morgan fingerprint density at radius 3 is 1.00 bits per heavy atom. The zero-order valence-corrected chi connectivity index (χ0v) is 33.3. The summed E-state index contributed by atoms with van der Waals surface area (Å²) in [5.41, 5.74) is 5.44. The van der Waals surface area contributed by atoms with Crippen LogP contribution in [0.3, 0.4) is 0 Å². The van der Waals surface area contributed by atoms with Crippen molar-refractivity contribution in [1.29, 1.82) is 0 Å². The van der Waals surface area contributed by atoms with Crippen LogP contribution < -0.4 is 0 Å². The molecule has 0 spiro atoms. The standard InChI is InChI=1S/C48H78O2/c1-5-7-9-15-41-21-25-43(26-22-41)17-11-13-19-45-29-33-47(34-30-45)37-49-39(3)40(4)50-38-48-35-31-46(32-36-48)20-14-12-18-44-27-23-42(24-28-44)16-10-8-6-2/h29-36,39-44H,5-28,37-38H2,1-4H3/t39-,40-,41?,42?,43?,44?/m1/s1. The first-order chi connectivity index (χ1) is 24.5. The molecule has 2 heteroatoms. The molecular formula is C48H78O2. The van der Waals surface area contributed by atoms with E-state index in [1.807, 2.05) is 0 Å². The van der Waals surface area contributed by atoms with Gasteiger partial charge in [-0.15, -0.1) is 0 Å². The largest absolute Gasteiger partial charge is 0.371 e. The molecule has 0 aliphatic heterocycles. The van der Waals surface area contributed by atoms with Gasteiger partial charge in [0.2, 0.25) is 0 Å². The highest BCUT2D eigenvalue weighted by Gasteiger charge is 2.21. The van der Waals surface area contributed by atoms with Gasteiger partial charge in [-0.2, -0.15) is 0 Å². The van der Waals surface area contributed by atoms with E-state index in [1.54, 1.807) is 0 Å². The maximum absolute atomic E-state index is 6.24. The summed E-state index contributed by atoms with van der Waals surface area (Å²) in [6, 6.07) is 18.3. The van der Waals surface area contributed by atoms with Gasteiger partial charge in [0.25, 0.3) is 0 Å². The molecule has 0 radical (unpaired) electrons. The maximum atomic E-state index is 6.24. The van der Waals surface area contributed by atoms with Crippen molar-refractivity contribution in [1.82, 2.24) is 0 Å². The fourth-order valence-electron chi connectivity index (χ4n) is 8.84. The minimum atomic E-state index is 0.0523. The lowest BCUT2D eigenvalue weighted by Gasteiger charge is -2.28. The average molecular weight is 687 g/mol. The van der Waals surface area contributed by atoms with Crippen LogP contribution >= 0.6 is 0 Å². The topological polar surface area (TPSA) is 18.5 Å². The second-order valence-electron chi connectivity index (χ2n) is 16.9. The summed E-state index contributed by atoms with van der Waals surface area (Å²) in [5.74, 6) is 4.06. The van der Waals surface area contributed by atoms with Crippen molar-refractivity contribution in [2.45, 2.75) is 207 Å². The van der Waals surface area contributed by atoms with Crippen LogP contribution in [0, 0.1) is 23.7 Å². The fraction of sp³-hybridized carbons (Fsp3) is 0.750. The van der Waals surface area contributed by atoms with Crippen LogP contribution in [0.2, 0.25) is 0 Å². The molecule has 2 aliphatic carbocycles. The highest BCUT2D eigenvalue weighted by molar-refractivity contribution is 5.23. The molecule has 0 N–H and O–H groups in total. The molecule has 282 valence electrons. The first kappa shape index (κ1) is 41.1. The Kier molecular flexibility index (Phi) is 20.2. The first-order valence-corrected chi connectivity index (χ1v) is 21.9. The number of benzene rings is 2. The Bertz CT molecular complexity index is 1000. The molecule has 50 heavy (non-hydrogen) atoms. The Morgan fingerprint density at radius 2 is 0.700 bits per heavy atom. The van der Waals surface area contributed by atoms with Crippen molar-refractivity contribution >= 4 is 0 Å². The molecule has 4 rings (SSSR count). The fourth-order valence-corrected chi connectivity index (χ4v) is 8.84. The summed E-state index contributed by atoms with van der Waals surface area (Å²) in [4.78, 5) is 0. The van der Waals surface area contributed by atoms with Gasteiger partial charge in [0.05, 0.1) is 25.4 Å². The second kappa shape index (κ2) is 24.6. The number of hydrogen-bond acceptors (Lipinski definition) is 2. The van der Waals surface area contributed by atoms with E-state index in [-0.39, 0.29) is 12.2 Å². The van der Waals surface area contributed by atoms with Gasteiger partial charge in [0.1, 0.15) is 0 Å². The minimum Gasteiger partial charge on any atom is -0.371 e. The molecule has 0 amide bonds. The van der Waals surface area contributed by atoms with Gasteiger partial charge in [-0.05, 0) is 85.5 Å². The highest BCUT2D eigenvalue weighted by atomic mass is 16.5. The van der Waals surface area contributed by atoms with Crippen molar-refractivity contribution in [2.75, 3.05) is 0 Å². The van der Waals surface area contributed by atoms with Crippen LogP contribution in [0.1, 0.15) is 191 Å².